The van der Waals surface area contributed by atoms with E-state index < -0.39 is 0 Å². The van der Waals surface area contributed by atoms with Crippen LogP contribution in [0.1, 0.15) is 0 Å². The molecule has 0 saturated carbocycles. The first-order chi connectivity index (χ1) is 9.84. The van der Waals surface area contributed by atoms with E-state index in [1.807, 2.05) is 0 Å². The van der Waals surface area contributed by atoms with Crippen LogP contribution in [0.3, 0.4) is 0 Å². The Balaban J connectivity index is 2.13. The fourth-order valence-corrected chi connectivity index (χ4v) is 2.97. The number of fused-ring (bicyclic) bond motifs is 3. The third-order valence-electron chi connectivity index (χ3n) is 3.98. The van der Waals surface area contributed by atoms with Crippen molar-refractivity contribution in [2.24, 2.45) is 0 Å². The van der Waals surface area contributed by atoms with Gasteiger partial charge in [-0.3, -0.25) is 0 Å². The zero-order valence-electron chi connectivity index (χ0n) is 11.4. The van der Waals surface area contributed by atoms with Gasteiger partial charge in [0.15, 0.2) is 0 Å². The Bertz CT molecular complexity index is 921. The molecule has 2 heteroatoms. The van der Waals surface area contributed by atoms with Crippen molar-refractivity contribution in [3.8, 4) is 11.1 Å². The third kappa shape index (κ3) is 1.72. The fourth-order valence-electron chi connectivity index (χ4n) is 2.97. The molecular formula is C18H12LiN. The van der Waals surface area contributed by atoms with Crippen molar-refractivity contribution in [3.05, 3.63) is 66.7 Å². The van der Waals surface area contributed by atoms with Gasteiger partial charge in [0, 0.05) is 0 Å². The van der Waals surface area contributed by atoms with E-state index in [-0.39, 0.29) is 0 Å². The molecule has 0 aliphatic carbocycles. The van der Waals surface area contributed by atoms with Crippen molar-refractivity contribution < 1.29 is 0 Å². The average molecular weight is 249 g/mol. The molecule has 0 unspecified atom stereocenters. The molecule has 1 heterocycles. The Morgan fingerprint density at radius 3 is 2.25 bits per heavy atom. The van der Waals surface area contributed by atoms with Gasteiger partial charge in [-0.05, 0) is 0 Å². The summed E-state index contributed by atoms with van der Waals surface area (Å²) in [6, 6.07) is 23.6. The molecule has 0 atom stereocenters. The molecule has 0 saturated heterocycles. The van der Waals surface area contributed by atoms with Gasteiger partial charge in [-0.15, -0.1) is 0 Å². The molecule has 0 spiro atoms. The summed E-state index contributed by atoms with van der Waals surface area (Å²) in [5, 5.41) is 2.58. The van der Waals surface area contributed by atoms with Crippen molar-refractivity contribution in [3.63, 3.8) is 0 Å². The van der Waals surface area contributed by atoms with Gasteiger partial charge >= 0.3 is 127 Å². The zero-order chi connectivity index (χ0) is 13.5. The third-order valence-corrected chi connectivity index (χ3v) is 3.98. The molecule has 1 N–H and O–H groups in total. The number of hydrogen-bond acceptors (Lipinski definition) is 0. The number of nitrogens with one attached hydrogen (secondary N) is 1. The first-order valence-electron chi connectivity index (χ1n) is 6.90. The van der Waals surface area contributed by atoms with E-state index in [1.54, 1.807) is 0 Å². The van der Waals surface area contributed by atoms with E-state index in [2.05, 4.69) is 89.4 Å². The van der Waals surface area contributed by atoms with Gasteiger partial charge < -0.3 is 0 Å². The molecule has 0 fully saturated rings. The Labute approximate surface area is 126 Å². The van der Waals surface area contributed by atoms with Crippen LogP contribution in [0.15, 0.2) is 66.7 Å². The van der Waals surface area contributed by atoms with Crippen molar-refractivity contribution in [1.29, 1.82) is 0 Å². The first-order valence-corrected chi connectivity index (χ1v) is 6.90. The van der Waals surface area contributed by atoms with Crippen LogP contribution in [0.5, 0.6) is 0 Å². The number of rotatable bonds is 1. The molecule has 0 bridgehead atoms. The maximum absolute atomic E-state index is 3.57. The van der Waals surface area contributed by atoms with Crippen LogP contribution in [-0.2, 0) is 0 Å². The summed E-state index contributed by atoms with van der Waals surface area (Å²) < 4.78 is 1.30. The summed E-state index contributed by atoms with van der Waals surface area (Å²) in [4.78, 5) is 3.57. The Morgan fingerprint density at radius 1 is 0.650 bits per heavy atom. The zero-order valence-corrected chi connectivity index (χ0v) is 11.4. The molecule has 90 valence electrons. The van der Waals surface area contributed by atoms with E-state index in [9.17, 15) is 0 Å². The average Bonchev–Trinajstić information content (AvgIpc) is 2.86. The number of H-pyrrole nitrogens is 1. The molecule has 4 aromatic rings. The normalized spacial score (nSPS) is 11.3. The number of benzene rings is 3. The monoisotopic (exact) mass is 249 g/mol. The van der Waals surface area contributed by atoms with Crippen LogP contribution in [0.2, 0.25) is 0 Å². The Kier molecular flexibility index (Phi) is 2.70. The molecular weight excluding hydrogens is 237 g/mol. The SMILES string of the molecule is [Li][c]1ccccc1-c1cccc2c1[nH]c1ccccc12. The Morgan fingerprint density at radius 2 is 1.35 bits per heavy atom. The van der Waals surface area contributed by atoms with Crippen molar-refractivity contribution in [1.82, 2.24) is 4.98 Å². The number of hydrogen-bond donors (Lipinski definition) is 1. The topological polar surface area (TPSA) is 15.8 Å². The van der Waals surface area contributed by atoms with Crippen molar-refractivity contribution in [2.45, 2.75) is 0 Å². The Hall–Kier alpha value is -1.94. The maximum atomic E-state index is 3.57. The van der Waals surface area contributed by atoms with Gasteiger partial charge in [0.2, 0.25) is 0 Å². The van der Waals surface area contributed by atoms with Gasteiger partial charge in [-0.1, -0.05) is 0 Å². The summed E-state index contributed by atoms with van der Waals surface area (Å²) in [6.45, 7) is 0. The molecule has 1 aromatic heterocycles. The number of para-hydroxylation sites is 2. The summed E-state index contributed by atoms with van der Waals surface area (Å²) in [7, 11) is 0. The van der Waals surface area contributed by atoms with Gasteiger partial charge in [0.25, 0.3) is 0 Å². The van der Waals surface area contributed by atoms with Crippen LogP contribution in [0, 0.1) is 0 Å². The van der Waals surface area contributed by atoms with Gasteiger partial charge in [0.05, 0.1) is 0 Å². The molecule has 3 aromatic carbocycles. The van der Waals surface area contributed by atoms with Crippen LogP contribution in [0.4, 0.5) is 0 Å². The summed E-state index contributed by atoms with van der Waals surface area (Å²) in [5.74, 6) is 0. The molecule has 1 nitrogen and oxygen atoms in total. The molecule has 0 amide bonds. The summed E-state index contributed by atoms with van der Waals surface area (Å²) >= 11 is 2.16. The molecule has 20 heavy (non-hydrogen) atoms. The number of aromatic nitrogens is 1. The number of aromatic amines is 1. The first kappa shape index (κ1) is 11.8. The van der Waals surface area contributed by atoms with Crippen molar-refractivity contribution >= 4 is 43.8 Å². The standard InChI is InChI=1S/C18H12N.Li/c1-2-7-13(8-3-1)14-10-6-11-16-15-9-4-5-12-17(15)19-18(14)16;/h1-7,9-12,19H;. The minimum atomic E-state index is 1.20. The van der Waals surface area contributed by atoms with Gasteiger partial charge in [-0.25, -0.2) is 0 Å². The van der Waals surface area contributed by atoms with Crippen LogP contribution >= 0.6 is 0 Å². The molecule has 0 aliphatic rings. The predicted molar refractivity (Wildman–Crippen MR) is 86.6 cm³/mol. The summed E-state index contributed by atoms with van der Waals surface area (Å²) in [5.41, 5.74) is 4.99. The van der Waals surface area contributed by atoms with E-state index in [4.69, 9.17) is 0 Å². The van der Waals surface area contributed by atoms with Crippen LogP contribution < -0.4 is 4.24 Å². The predicted octanol–water partition coefficient (Wildman–Crippen LogP) is 3.78. The molecule has 0 radical (unpaired) electrons. The second-order valence-electron chi connectivity index (χ2n) is 5.21. The minimum absolute atomic E-state index is 1.20. The molecule has 0 aliphatic heterocycles. The quantitative estimate of drug-likeness (QED) is 0.494. The van der Waals surface area contributed by atoms with Gasteiger partial charge in [0.1, 0.15) is 0 Å². The summed E-state index contributed by atoms with van der Waals surface area (Å²) in [6.07, 6.45) is 0. The van der Waals surface area contributed by atoms with E-state index in [1.165, 1.54) is 37.2 Å². The second kappa shape index (κ2) is 4.56. The van der Waals surface area contributed by atoms with Gasteiger partial charge in [-0.2, -0.15) is 0 Å². The van der Waals surface area contributed by atoms with Crippen molar-refractivity contribution in [2.75, 3.05) is 0 Å². The van der Waals surface area contributed by atoms with E-state index >= 15 is 0 Å². The second-order valence-corrected chi connectivity index (χ2v) is 5.21. The van der Waals surface area contributed by atoms with Crippen LogP contribution in [0.25, 0.3) is 32.9 Å². The molecule has 4 rings (SSSR count). The van der Waals surface area contributed by atoms with Crippen LogP contribution in [-0.4, -0.2) is 22.7 Å². The van der Waals surface area contributed by atoms with E-state index in [0.717, 1.165) is 0 Å². The fraction of sp³-hybridized carbons (Fsp3) is 0. The van der Waals surface area contributed by atoms with E-state index in [0.29, 0.717) is 0 Å².